The molecule has 0 bridgehead atoms. The first-order valence-electron chi connectivity index (χ1n) is 6.06. The maximum absolute atomic E-state index is 12.1. The van der Waals surface area contributed by atoms with E-state index in [9.17, 15) is 9.90 Å². The van der Waals surface area contributed by atoms with E-state index in [2.05, 4.69) is 5.32 Å². The van der Waals surface area contributed by atoms with Crippen LogP contribution in [-0.4, -0.2) is 30.8 Å². The fourth-order valence-electron chi connectivity index (χ4n) is 1.99. The van der Waals surface area contributed by atoms with E-state index in [1.807, 2.05) is 32.9 Å². The van der Waals surface area contributed by atoms with Crippen LogP contribution in [0.1, 0.15) is 16.7 Å². The SMILES string of the molecule is Cc1cc(C)c(NC(=O)C2(CO)COC2)cc1C. The van der Waals surface area contributed by atoms with Gasteiger partial charge in [0.25, 0.3) is 0 Å². The summed E-state index contributed by atoms with van der Waals surface area (Å²) in [5.74, 6) is -0.164. The lowest BCUT2D eigenvalue weighted by molar-refractivity contribution is -0.164. The van der Waals surface area contributed by atoms with E-state index in [0.717, 1.165) is 16.8 Å². The lowest BCUT2D eigenvalue weighted by atomic mass is 9.85. The standard InChI is InChI=1S/C14H19NO3/c1-9-4-11(3)12(5-10(9)2)15-13(17)14(6-16)7-18-8-14/h4-5,16H,6-8H2,1-3H3,(H,15,17). The molecule has 0 radical (unpaired) electrons. The Morgan fingerprint density at radius 1 is 1.28 bits per heavy atom. The molecule has 1 heterocycles. The number of aryl methyl sites for hydroxylation is 3. The summed E-state index contributed by atoms with van der Waals surface area (Å²) in [6.45, 7) is 6.42. The molecule has 0 aromatic heterocycles. The van der Waals surface area contributed by atoms with Crippen molar-refractivity contribution in [3.63, 3.8) is 0 Å². The van der Waals surface area contributed by atoms with Crippen LogP contribution in [0.5, 0.6) is 0 Å². The molecule has 4 nitrogen and oxygen atoms in total. The van der Waals surface area contributed by atoms with Gasteiger partial charge in [0, 0.05) is 5.69 Å². The second-order valence-electron chi connectivity index (χ2n) is 5.14. The van der Waals surface area contributed by atoms with Crippen molar-refractivity contribution in [2.24, 2.45) is 5.41 Å². The number of ether oxygens (including phenoxy) is 1. The Balaban J connectivity index is 2.19. The Labute approximate surface area is 107 Å². The first-order valence-corrected chi connectivity index (χ1v) is 6.06. The second kappa shape index (κ2) is 4.71. The zero-order chi connectivity index (χ0) is 13.3. The molecular formula is C14H19NO3. The van der Waals surface area contributed by atoms with E-state index in [1.54, 1.807) is 0 Å². The summed E-state index contributed by atoms with van der Waals surface area (Å²) in [6.07, 6.45) is 0. The summed E-state index contributed by atoms with van der Waals surface area (Å²) in [5, 5.41) is 12.2. The van der Waals surface area contributed by atoms with Gasteiger partial charge in [0.1, 0.15) is 5.41 Å². The third-order valence-electron chi connectivity index (χ3n) is 3.63. The van der Waals surface area contributed by atoms with Crippen molar-refractivity contribution in [2.45, 2.75) is 20.8 Å². The summed E-state index contributed by atoms with van der Waals surface area (Å²) in [5.41, 5.74) is 3.42. The molecule has 4 heteroatoms. The van der Waals surface area contributed by atoms with Gasteiger partial charge in [-0.3, -0.25) is 4.79 Å². The lowest BCUT2D eigenvalue weighted by Gasteiger charge is -2.38. The number of nitrogens with one attached hydrogen (secondary N) is 1. The molecule has 1 amide bonds. The molecule has 1 fully saturated rings. The topological polar surface area (TPSA) is 58.6 Å². The number of benzene rings is 1. The molecule has 2 N–H and O–H groups in total. The minimum Gasteiger partial charge on any atom is -0.395 e. The van der Waals surface area contributed by atoms with Crippen molar-refractivity contribution in [1.82, 2.24) is 0 Å². The van der Waals surface area contributed by atoms with Crippen molar-refractivity contribution in [2.75, 3.05) is 25.1 Å². The number of carbonyl (C=O) groups is 1. The number of rotatable bonds is 3. The molecule has 0 unspecified atom stereocenters. The van der Waals surface area contributed by atoms with E-state index in [0.29, 0.717) is 13.2 Å². The van der Waals surface area contributed by atoms with Crippen molar-refractivity contribution in [1.29, 1.82) is 0 Å². The number of amides is 1. The smallest absolute Gasteiger partial charge is 0.237 e. The maximum Gasteiger partial charge on any atom is 0.237 e. The number of aliphatic hydroxyl groups excluding tert-OH is 1. The average molecular weight is 249 g/mol. The highest BCUT2D eigenvalue weighted by Gasteiger charge is 2.45. The van der Waals surface area contributed by atoms with Gasteiger partial charge in [-0.2, -0.15) is 0 Å². The molecule has 0 atom stereocenters. The minimum absolute atomic E-state index is 0.164. The van der Waals surface area contributed by atoms with E-state index >= 15 is 0 Å². The zero-order valence-corrected chi connectivity index (χ0v) is 11.0. The average Bonchev–Trinajstić information content (AvgIpc) is 2.25. The number of hydrogen-bond donors (Lipinski definition) is 2. The van der Waals surface area contributed by atoms with E-state index in [4.69, 9.17) is 4.74 Å². The van der Waals surface area contributed by atoms with Gasteiger partial charge in [-0.15, -0.1) is 0 Å². The number of anilines is 1. The largest absolute Gasteiger partial charge is 0.395 e. The van der Waals surface area contributed by atoms with Crippen LogP contribution in [0.15, 0.2) is 12.1 Å². The van der Waals surface area contributed by atoms with Gasteiger partial charge in [-0.25, -0.2) is 0 Å². The van der Waals surface area contributed by atoms with Gasteiger partial charge < -0.3 is 15.2 Å². The molecule has 98 valence electrons. The molecule has 0 spiro atoms. The molecule has 1 saturated heterocycles. The molecule has 2 rings (SSSR count). The highest BCUT2D eigenvalue weighted by Crippen LogP contribution is 2.29. The van der Waals surface area contributed by atoms with Gasteiger partial charge in [0.15, 0.2) is 0 Å². The summed E-state index contributed by atoms with van der Waals surface area (Å²) in [4.78, 5) is 12.1. The van der Waals surface area contributed by atoms with Crippen molar-refractivity contribution >= 4 is 11.6 Å². The highest BCUT2D eigenvalue weighted by molar-refractivity contribution is 5.97. The maximum atomic E-state index is 12.1. The zero-order valence-electron chi connectivity index (χ0n) is 11.0. The molecule has 1 aliphatic rings. The van der Waals surface area contributed by atoms with Crippen molar-refractivity contribution in [3.8, 4) is 0 Å². The summed E-state index contributed by atoms with van der Waals surface area (Å²) >= 11 is 0. The third-order valence-corrected chi connectivity index (χ3v) is 3.63. The highest BCUT2D eigenvalue weighted by atomic mass is 16.5. The van der Waals surface area contributed by atoms with E-state index < -0.39 is 5.41 Å². The van der Waals surface area contributed by atoms with Crippen LogP contribution >= 0.6 is 0 Å². The first-order chi connectivity index (χ1) is 8.48. The van der Waals surface area contributed by atoms with Crippen LogP contribution in [0.2, 0.25) is 0 Å². The van der Waals surface area contributed by atoms with Gasteiger partial charge in [-0.1, -0.05) is 6.07 Å². The van der Waals surface area contributed by atoms with Crippen LogP contribution in [0.25, 0.3) is 0 Å². The van der Waals surface area contributed by atoms with Crippen LogP contribution in [-0.2, 0) is 9.53 Å². The molecule has 1 aromatic rings. The molecular weight excluding hydrogens is 230 g/mol. The van der Waals surface area contributed by atoms with E-state index in [-0.39, 0.29) is 12.5 Å². The lowest BCUT2D eigenvalue weighted by Crippen LogP contribution is -2.54. The predicted octanol–water partition coefficient (Wildman–Crippen LogP) is 1.56. The van der Waals surface area contributed by atoms with Crippen LogP contribution in [0.4, 0.5) is 5.69 Å². The van der Waals surface area contributed by atoms with Gasteiger partial charge >= 0.3 is 0 Å². The van der Waals surface area contributed by atoms with Gasteiger partial charge in [-0.05, 0) is 43.5 Å². The third kappa shape index (κ3) is 2.13. The number of carbonyl (C=O) groups excluding carboxylic acids is 1. The second-order valence-corrected chi connectivity index (χ2v) is 5.14. The Morgan fingerprint density at radius 2 is 1.89 bits per heavy atom. The van der Waals surface area contributed by atoms with Crippen molar-refractivity contribution in [3.05, 3.63) is 28.8 Å². The Bertz CT molecular complexity index is 473. The van der Waals surface area contributed by atoms with Gasteiger partial charge in [0.2, 0.25) is 5.91 Å². The van der Waals surface area contributed by atoms with Crippen LogP contribution < -0.4 is 5.32 Å². The van der Waals surface area contributed by atoms with Crippen molar-refractivity contribution < 1.29 is 14.6 Å². The first kappa shape index (κ1) is 13.1. The Morgan fingerprint density at radius 3 is 2.39 bits per heavy atom. The van der Waals surface area contributed by atoms with Crippen LogP contribution in [0.3, 0.4) is 0 Å². The molecule has 1 aliphatic heterocycles. The molecule has 0 saturated carbocycles. The molecule has 0 aliphatic carbocycles. The molecule has 18 heavy (non-hydrogen) atoms. The predicted molar refractivity (Wildman–Crippen MR) is 69.6 cm³/mol. The quantitative estimate of drug-likeness (QED) is 0.854. The van der Waals surface area contributed by atoms with E-state index in [1.165, 1.54) is 5.56 Å². The fraction of sp³-hybridized carbons (Fsp3) is 0.500. The Kier molecular flexibility index (Phi) is 3.41. The monoisotopic (exact) mass is 249 g/mol. The number of hydrogen-bond acceptors (Lipinski definition) is 3. The molecule has 1 aromatic carbocycles. The minimum atomic E-state index is -0.759. The summed E-state index contributed by atoms with van der Waals surface area (Å²) < 4.78 is 5.04. The summed E-state index contributed by atoms with van der Waals surface area (Å²) in [7, 11) is 0. The Hall–Kier alpha value is -1.39. The van der Waals surface area contributed by atoms with Gasteiger partial charge in [0.05, 0.1) is 19.8 Å². The van der Waals surface area contributed by atoms with Crippen LogP contribution in [0, 0.1) is 26.2 Å². The number of aliphatic hydroxyl groups is 1. The summed E-state index contributed by atoms with van der Waals surface area (Å²) in [6, 6.07) is 4.01. The fourth-order valence-corrected chi connectivity index (χ4v) is 1.99. The normalized spacial score (nSPS) is 17.1.